The molecule has 24 heavy (non-hydrogen) atoms. The minimum absolute atomic E-state index is 0.155. The Kier molecular flexibility index (Phi) is 5.66. The molecule has 2 saturated heterocycles. The van der Waals surface area contributed by atoms with Crippen molar-refractivity contribution in [3.8, 4) is 5.75 Å². The van der Waals surface area contributed by atoms with Crippen LogP contribution in [-0.4, -0.2) is 48.4 Å². The number of hydrogen-bond donors (Lipinski definition) is 0. The molecule has 2 fully saturated rings. The number of benzene rings is 1. The Bertz CT molecular complexity index is 512. The van der Waals surface area contributed by atoms with Gasteiger partial charge in [-0.05, 0) is 63.0 Å². The van der Waals surface area contributed by atoms with E-state index in [1.807, 2.05) is 0 Å². The first-order valence-corrected chi connectivity index (χ1v) is 8.81. The van der Waals surface area contributed by atoms with E-state index >= 15 is 0 Å². The predicted molar refractivity (Wildman–Crippen MR) is 86.8 cm³/mol. The molecule has 0 aromatic heterocycles. The quantitative estimate of drug-likeness (QED) is 0.803. The molecule has 0 N–H and O–H groups in total. The lowest BCUT2D eigenvalue weighted by Gasteiger charge is -2.33. The molecular formula is C18H25F3N2O. The van der Waals surface area contributed by atoms with Gasteiger partial charge >= 0.3 is 6.36 Å². The van der Waals surface area contributed by atoms with Crippen molar-refractivity contribution >= 4 is 0 Å². The largest absolute Gasteiger partial charge is 0.573 e. The summed E-state index contributed by atoms with van der Waals surface area (Å²) >= 11 is 0. The Hall–Kier alpha value is -1.27. The number of piperidine rings is 1. The van der Waals surface area contributed by atoms with Gasteiger partial charge < -0.3 is 9.64 Å². The highest BCUT2D eigenvalue weighted by Gasteiger charge is 2.31. The molecule has 1 unspecified atom stereocenters. The van der Waals surface area contributed by atoms with Crippen LogP contribution >= 0.6 is 0 Å². The molecule has 0 spiro atoms. The van der Waals surface area contributed by atoms with Gasteiger partial charge in [0.1, 0.15) is 5.75 Å². The molecule has 0 bridgehead atoms. The predicted octanol–water partition coefficient (Wildman–Crippen LogP) is 4.04. The number of nitrogens with zero attached hydrogens (tertiary/aromatic N) is 2. The van der Waals surface area contributed by atoms with Crippen molar-refractivity contribution in [3.05, 3.63) is 29.8 Å². The molecule has 6 heteroatoms. The van der Waals surface area contributed by atoms with Crippen LogP contribution in [0.15, 0.2) is 24.3 Å². The molecule has 0 aliphatic carbocycles. The first kappa shape index (κ1) is 17.5. The normalized spacial score (nSPS) is 23.5. The summed E-state index contributed by atoms with van der Waals surface area (Å²) in [5.74, 6) is -0.155. The van der Waals surface area contributed by atoms with Crippen molar-refractivity contribution in [1.29, 1.82) is 0 Å². The zero-order valence-electron chi connectivity index (χ0n) is 13.9. The minimum Gasteiger partial charge on any atom is -0.406 e. The van der Waals surface area contributed by atoms with Crippen molar-refractivity contribution in [2.45, 2.75) is 51.1 Å². The third-order valence-electron chi connectivity index (χ3n) is 4.96. The summed E-state index contributed by atoms with van der Waals surface area (Å²) in [6, 6.07) is 6.83. The van der Waals surface area contributed by atoms with Crippen molar-refractivity contribution < 1.29 is 17.9 Å². The zero-order valence-corrected chi connectivity index (χ0v) is 13.9. The third kappa shape index (κ3) is 5.11. The monoisotopic (exact) mass is 342 g/mol. The van der Waals surface area contributed by atoms with Crippen molar-refractivity contribution in [2.24, 2.45) is 0 Å². The van der Waals surface area contributed by atoms with E-state index < -0.39 is 6.36 Å². The highest BCUT2D eigenvalue weighted by molar-refractivity contribution is 5.27. The van der Waals surface area contributed by atoms with E-state index in [0.717, 1.165) is 25.2 Å². The van der Waals surface area contributed by atoms with Gasteiger partial charge in [-0.25, -0.2) is 0 Å². The summed E-state index contributed by atoms with van der Waals surface area (Å²) in [7, 11) is 0. The van der Waals surface area contributed by atoms with Crippen LogP contribution in [0.3, 0.4) is 0 Å². The highest BCUT2D eigenvalue weighted by Crippen LogP contribution is 2.25. The first-order chi connectivity index (χ1) is 11.5. The third-order valence-corrected chi connectivity index (χ3v) is 4.96. The van der Waals surface area contributed by atoms with Crippen LogP contribution in [0.2, 0.25) is 0 Å². The lowest BCUT2D eigenvalue weighted by molar-refractivity contribution is -0.274. The van der Waals surface area contributed by atoms with Crippen molar-refractivity contribution in [1.82, 2.24) is 9.80 Å². The SMILES string of the molecule is FC(F)(F)Oc1ccc(CN2CCCC2CN2CCCCC2)cc1. The van der Waals surface area contributed by atoms with Crippen LogP contribution in [-0.2, 0) is 6.54 Å². The van der Waals surface area contributed by atoms with E-state index in [1.165, 1.54) is 57.3 Å². The standard InChI is InChI=1S/C18H25F3N2O/c19-18(20,21)24-17-8-6-15(7-9-17)13-23-12-4-5-16(23)14-22-10-2-1-3-11-22/h6-9,16H,1-5,10-14H2. The summed E-state index contributed by atoms with van der Waals surface area (Å²) in [6.07, 6.45) is 1.73. The van der Waals surface area contributed by atoms with Gasteiger partial charge in [0.25, 0.3) is 0 Å². The average molecular weight is 342 g/mol. The van der Waals surface area contributed by atoms with E-state index in [2.05, 4.69) is 14.5 Å². The fourth-order valence-corrected chi connectivity index (χ4v) is 3.78. The van der Waals surface area contributed by atoms with Crippen LogP contribution in [0.4, 0.5) is 13.2 Å². The second kappa shape index (κ2) is 7.74. The molecule has 0 saturated carbocycles. The highest BCUT2D eigenvalue weighted by atomic mass is 19.4. The molecule has 1 atom stereocenters. The number of likely N-dealkylation sites (tertiary alicyclic amines) is 2. The van der Waals surface area contributed by atoms with Gasteiger partial charge in [0, 0.05) is 19.1 Å². The summed E-state index contributed by atoms with van der Waals surface area (Å²) in [5, 5.41) is 0. The maximum Gasteiger partial charge on any atom is 0.573 e. The number of halogens is 3. The first-order valence-electron chi connectivity index (χ1n) is 8.81. The van der Waals surface area contributed by atoms with Crippen molar-refractivity contribution in [2.75, 3.05) is 26.2 Å². The van der Waals surface area contributed by atoms with Crippen LogP contribution < -0.4 is 4.74 Å². The van der Waals surface area contributed by atoms with Gasteiger partial charge in [-0.3, -0.25) is 4.90 Å². The summed E-state index contributed by atoms with van der Waals surface area (Å²) in [4.78, 5) is 5.03. The van der Waals surface area contributed by atoms with Gasteiger partial charge in [-0.2, -0.15) is 0 Å². The van der Waals surface area contributed by atoms with Crippen LogP contribution in [0.25, 0.3) is 0 Å². The van der Waals surface area contributed by atoms with Gasteiger partial charge in [0.2, 0.25) is 0 Å². The number of ether oxygens (including phenoxy) is 1. The second-order valence-corrected chi connectivity index (χ2v) is 6.82. The number of alkyl halides is 3. The van der Waals surface area contributed by atoms with E-state index in [1.54, 1.807) is 12.1 Å². The molecule has 1 aromatic carbocycles. The van der Waals surface area contributed by atoms with Gasteiger partial charge in [-0.15, -0.1) is 13.2 Å². The molecule has 134 valence electrons. The van der Waals surface area contributed by atoms with Gasteiger partial charge in [0.15, 0.2) is 0 Å². The van der Waals surface area contributed by atoms with Crippen LogP contribution in [0, 0.1) is 0 Å². The zero-order chi connectivity index (χ0) is 17.0. The maximum atomic E-state index is 12.2. The molecule has 0 radical (unpaired) electrons. The number of hydrogen-bond acceptors (Lipinski definition) is 3. The van der Waals surface area contributed by atoms with E-state index in [4.69, 9.17) is 0 Å². The van der Waals surface area contributed by atoms with E-state index in [-0.39, 0.29) is 5.75 Å². The Morgan fingerprint density at radius 2 is 1.67 bits per heavy atom. The minimum atomic E-state index is -4.63. The van der Waals surface area contributed by atoms with Gasteiger partial charge in [-0.1, -0.05) is 18.6 Å². The summed E-state index contributed by atoms with van der Waals surface area (Å²) in [6.45, 7) is 5.39. The molecule has 2 heterocycles. The van der Waals surface area contributed by atoms with E-state index in [9.17, 15) is 13.2 Å². The topological polar surface area (TPSA) is 15.7 Å². The fraction of sp³-hybridized carbons (Fsp3) is 0.667. The number of rotatable bonds is 5. The molecule has 1 aromatic rings. The van der Waals surface area contributed by atoms with E-state index in [0.29, 0.717) is 6.04 Å². The molecular weight excluding hydrogens is 317 g/mol. The second-order valence-electron chi connectivity index (χ2n) is 6.82. The average Bonchev–Trinajstić information content (AvgIpc) is 2.96. The molecule has 0 amide bonds. The molecule has 3 nitrogen and oxygen atoms in total. The summed E-state index contributed by atoms with van der Waals surface area (Å²) in [5.41, 5.74) is 1.04. The maximum absolute atomic E-state index is 12.2. The lowest BCUT2D eigenvalue weighted by atomic mass is 10.1. The fourth-order valence-electron chi connectivity index (χ4n) is 3.78. The Morgan fingerprint density at radius 3 is 2.33 bits per heavy atom. The smallest absolute Gasteiger partial charge is 0.406 e. The Morgan fingerprint density at radius 1 is 0.958 bits per heavy atom. The van der Waals surface area contributed by atoms with Crippen LogP contribution in [0.1, 0.15) is 37.7 Å². The van der Waals surface area contributed by atoms with Crippen LogP contribution in [0.5, 0.6) is 5.75 Å². The molecule has 3 rings (SSSR count). The summed E-state index contributed by atoms with van der Waals surface area (Å²) < 4.78 is 40.6. The molecule has 2 aliphatic rings. The Labute approximate surface area is 141 Å². The lowest BCUT2D eigenvalue weighted by Crippen LogP contribution is -2.42. The Balaban J connectivity index is 1.54. The van der Waals surface area contributed by atoms with Crippen molar-refractivity contribution in [3.63, 3.8) is 0 Å². The molecule has 2 aliphatic heterocycles. The van der Waals surface area contributed by atoms with Gasteiger partial charge in [0.05, 0.1) is 0 Å².